The van der Waals surface area contributed by atoms with Crippen molar-refractivity contribution in [3.05, 3.63) is 0 Å². The van der Waals surface area contributed by atoms with Gasteiger partial charge in [0.1, 0.15) is 5.78 Å². The van der Waals surface area contributed by atoms with Crippen LogP contribution in [0.4, 0.5) is 13.2 Å². The van der Waals surface area contributed by atoms with E-state index in [0.717, 1.165) is 12.8 Å². The molecular weight excluding hydrogens is 207 g/mol. The Morgan fingerprint density at radius 1 is 1.20 bits per heavy atom. The van der Waals surface area contributed by atoms with E-state index in [1.165, 1.54) is 6.92 Å². The summed E-state index contributed by atoms with van der Waals surface area (Å²) >= 11 is 0. The fourth-order valence-electron chi connectivity index (χ4n) is 1.19. The molecule has 2 nitrogen and oxygen atoms in total. The molecule has 0 amide bonds. The maximum Gasteiger partial charge on any atom is 0.390 e. The van der Waals surface area contributed by atoms with Gasteiger partial charge in [0.05, 0.1) is 6.42 Å². The van der Waals surface area contributed by atoms with Crippen LogP contribution in [0.3, 0.4) is 0 Å². The average Bonchev–Trinajstić information content (AvgIpc) is 2.07. The molecule has 0 aromatic rings. The normalized spacial score (nSPS) is 12.1. The van der Waals surface area contributed by atoms with Gasteiger partial charge in [-0.15, -0.1) is 0 Å². The molecule has 0 atom stereocenters. The molecule has 0 aromatic heterocycles. The lowest BCUT2D eigenvalue weighted by molar-refractivity contribution is -0.137. The standard InChI is InChI=1S/C10H18F3NO/c1-9(15)5-3-4-7-14(2)8-6-10(11,12)13/h3-8H2,1-2H3. The molecule has 0 aliphatic carbocycles. The van der Waals surface area contributed by atoms with Crippen molar-refractivity contribution in [2.75, 3.05) is 20.1 Å². The van der Waals surface area contributed by atoms with Crippen LogP contribution in [0.2, 0.25) is 0 Å². The Labute approximate surface area is 88.4 Å². The van der Waals surface area contributed by atoms with Crippen molar-refractivity contribution in [1.29, 1.82) is 0 Å². The molecule has 0 rings (SSSR count). The van der Waals surface area contributed by atoms with Gasteiger partial charge in [0, 0.05) is 13.0 Å². The maximum atomic E-state index is 11.8. The predicted molar refractivity (Wildman–Crippen MR) is 52.7 cm³/mol. The van der Waals surface area contributed by atoms with E-state index in [2.05, 4.69) is 0 Å². The molecule has 0 aliphatic heterocycles. The Morgan fingerprint density at radius 3 is 2.27 bits per heavy atom. The summed E-state index contributed by atoms with van der Waals surface area (Å²) in [6, 6.07) is 0. The van der Waals surface area contributed by atoms with Crippen molar-refractivity contribution in [1.82, 2.24) is 4.90 Å². The van der Waals surface area contributed by atoms with Gasteiger partial charge in [-0.3, -0.25) is 0 Å². The molecule has 0 unspecified atom stereocenters. The average molecular weight is 225 g/mol. The molecule has 0 spiro atoms. The lowest BCUT2D eigenvalue weighted by Crippen LogP contribution is -2.25. The van der Waals surface area contributed by atoms with Crippen molar-refractivity contribution < 1.29 is 18.0 Å². The topological polar surface area (TPSA) is 20.3 Å². The van der Waals surface area contributed by atoms with Gasteiger partial charge in [0.25, 0.3) is 0 Å². The minimum atomic E-state index is -4.08. The van der Waals surface area contributed by atoms with Crippen LogP contribution < -0.4 is 0 Å². The lowest BCUT2D eigenvalue weighted by Gasteiger charge is -2.17. The molecule has 90 valence electrons. The van der Waals surface area contributed by atoms with Gasteiger partial charge in [-0.1, -0.05) is 0 Å². The van der Waals surface area contributed by atoms with Crippen molar-refractivity contribution >= 4 is 5.78 Å². The van der Waals surface area contributed by atoms with Gasteiger partial charge in [-0.25, -0.2) is 0 Å². The number of rotatable bonds is 7. The highest BCUT2D eigenvalue weighted by molar-refractivity contribution is 5.75. The quantitative estimate of drug-likeness (QED) is 0.621. The highest BCUT2D eigenvalue weighted by Gasteiger charge is 2.26. The molecule has 0 bridgehead atoms. The Morgan fingerprint density at radius 2 is 1.80 bits per heavy atom. The number of carbonyl (C=O) groups excluding carboxylic acids is 1. The number of nitrogens with zero attached hydrogens (tertiary/aromatic N) is 1. The number of ketones is 1. The number of Topliss-reactive ketones (excluding diaryl/α,β-unsaturated/α-hetero) is 1. The van der Waals surface area contributed by atoms with Gasteiger partial charge >= 0.3 is 6.18 Å². The van der Waals surface area contributed by atoms with Gasteiger partial charge in [0.2, 0.25) is 0 Å². The third kappa shape index (κ3) is 11.3. The highest BCUT2D eigenvalue weighted by atomic mass is 19.4. The molecule has 0 fully saturated rings. The summed E-state index contributed by atoms with van der Waals surface area (Å²) < 4.78 is 35.5. The Bertz CT molecular complexity index is 192. The molecule has 5 heteroatoms. The summed E-state index contributed by atoms with van der Waals surface area (Å²) in [7, 11) is 1.67. The summed E-state index contributed by atoms with van der Waals surface area (Å²) in [6.45, 7) is 2.17. The molecule has 0 N–H and O–H groups in total. The van der Waals surface area contributed by atoms with Crippen molar-refractivity contribution in [3.63, 3.8) is 0 Å². The number of unbranched alkanes of at least 4 members (excludes halogenated alkanes) is 1. The number of hydrogen-bond donors (Lipinski definition) is 0. The van der Waals surface area contributed by atoms with Gasteiger partial charge in [-0.2, -0.15) is 13.2 Å². The first-order chi connectivity index (χ1) is 6.81. The van der Waals surface area contributed by atoms with Crippen molar-refractivity contribution in [3.8, 4) is 0 Å². The van der Waals surface area contributed by atoms with E-state index in [-0.39, 0.29) is 12.3 Å². The molecule has 0 aromatic carbocycles. The zero-order chi connectivity index (χ0) is 11.9. The Kier molecular flexibility index (Phi) is 6.56. The molecule has 15 heavy (non-hydrogen) atoms. The van der Waals surface area contributed by atoms with Crippen LogP contribution in [0.1, 0.15) is 32.6 Å². The minimum absolute atomic E-state index is 0.0313. The van der Waals surface area contributed by atoms with E-state index >= 15 is 0 Å². The molecule has 0 aliphatic rings. The van der Waals surface area contributed by atoms with E-state index < -0.39 is 12.6 Å². The summed E-state index contributed by atoms with van der Waals surface area (Å²) in [5.41, 5.74) is 0. The van der Waals surface area contributed by atoms with Gasteiger partial charge in [0.15, 0.2) is 0 Å². The number of halogens is 3. The summed E-state index contributed by atoms with van der Waals surface area (Å²) in [5, 5.41) is 0. The summed E-state index contributed by atoms with van der Waals surface area (Å²) in [4.78, 5) is 12.2. The zero-order valence-corrected chi connectivity index (χ0v) is 9.23. The second-order valence-corrected chi connectivity index (χ2v) is 3.83. The van der Waals surface area contributed by atoms with E-state index in [1.807, 2.05) is 0 Å². The fourth-order valence-corrected chi connectivity index (χ4v) is 1.19. The third-order valence-electron chi connectivity index (χ3n) is 2.10. The molecule has 0 saturated carbocycles. The largest absolute Gasteiger partial charge is 0.390 e. The minimum Gasteiger partial charge on any atom is -0.306 e. The molecule has 0 saturated heterocycles. The van der Waals surface area contributed by atoms with Crippen LogP contribution in [-0.2, 0) is 4.79 Å². The maximum absolute atomic E-state index is 11.8. The van der Waals surface area contributed by atoms with E-state index in [1.54, 1.807) is 11.9 Å². The zero-order valence-electron chi connectivity index (χ0n) is 9.23. The first kappa shape index (κ1) is 14.4. The SMILES string of the molecule is CC(=O)CCCCN(C)CCC(F)(F)F. The third-order valence-corrected chi connectivity index (χ3v) is 2.10. The monoisotopic (exact) mass is 225 g/mol. The number of carbonyl (C=O) groups is 1. The number of alkyl halides is 3. The van der Waals surface area contributed by atoms with Crippen LogP contribution >= 0.6 is 0 Å². The summed E-state index contributed by atoms with van der Waals surface area (Å²) in [6.07, 6.45) is -2.80. The van der Waals surface area contributed by atoms with Crippen LogP contribution in [0, 0.1) is 0 Å². The van der Waals surface area contributed by atoms with Crippen LogP contribution in [0.15, 0.2) is 0 Å². The van der Waals surface area contributed by atoms with Crippen molar-refractivity contribution in [2.45, 2.75) is 38.8 Å². The highest BCUT2D eigenvalue weighted by Crippen LogP contribution is 2.19. The molecule has 0 radical (unpaired) electrons. The fraction of sp³-hybridized carbons (Fsp3) is 0.900. The van der Waals surface area contributed by atoms with Gasteiger partial charge in [-0.05, 0) is 33.4 Å². The molecule has 0 heterocycles. The van der Waals surface area contributed by atoms with Gasteiger partial charge < -0.3 is 9.69 Å². The second kappa shape index (κ2) is 6.82. The molecular formula is C10H18F3NO. The predicted octanol–water partition coefficient (Wildman–Crippen LogP) is 2.63. The first-order valence-corrected chi connectivity index (χ1v) is 5.06. The van der Waals surface area contributed by atoms with E-state index in [9.17, 15) is 18.0 Å². The Hall–Kier alpha value is -0.580. The van der Waals surface area contributed by atoms with Crippen LogP contribution in [0.5, 0.6) is 0 Å². The summed E-state index contributed by atoms with van der Waals surface area (Å²) in [5.74, 6) is 0.132. The second-order valence-electron chi connectivity index (χ2n) is 3.83. The Balaban J connectivity index is 3.41. The first-order valence-electron chi connectivity index (χ1n) is 5.06. The van der Waals surface area contributed by atoms with Crippen LogP contribution in [-0.4, -0.2) is 37.0 Å². The van der Waals surface area contributed by atoms with E-state index in [4.69, 9.17) is 0 Å². The van der Waals surface area contributed by atoms with E-state index in [0.29, 0.717) is 13.0 Å². The smallest absolute Gasteiger partial charge is 0.306 e. The van der Waals surface area contributed by atoms with Crippen LogP contribution in [0.25, 0.3) is 0 Å². The number of hydrogen-bond acceptors (Lipinski definition) is 2. The lowest BCUT2D eigenvalue weighted by atomic mass is 10.2. The van der Waals surface area contributed by atoms with Crippen molar-refractivity contribution in [2.24, 2.45) is 0 Å².